The molecule has 0 aliphatic carbocycles. The fraction of sp³-hybridized carbons (Fsp3) is 0.364. The molecule has 1 aromatic rings. The van der Waals surface area contributed by atoms with Crippen molar-refractivity contribution in [1.29, 1.82) is 0 Å². The van der Waals surface area contributed by atoms with Gasteiger partial charge in [0.05, 0.1) is 6.54 Å². The Hall–Kier alpha value is -0.940. The summed E-state index contributed by atoms with van der Waals surface area (Å²) in [7, 11) is 0. The molecule has 0 radical (unpaired) electrons. The zero-order valence-electron chi connectivity index (χ0n) is 8.91. The van der Waals surface area contributed by atoms with Gasteiger partial charge in [-0.05, 0) is 24.2 Å². The lowest BCUT2D eigenvalue weighted by atomic mass is 10.2. The summed E-state index contributed by atoms with van der Waals surface area (Å²) in [6, 6.07) is 4.41. The maximum Gasteiger partial charge on any atom is 0.317 e. The molecule has 1 N–H and O–H groups in total. The van der Waals surface area contributed by atoms with Gasteiger partial charge >= 0.3 is 5.97 Å². The lowest BCUT2D eigenvalue weighted by molar-refractivity contribution is -0.138. The number of benzene rings is 1. The molecule has 0 saturated heterocycles. The first-order valence-electron chi connectivity index (χ1n) is 4.91. The van der Waals surface area contributed by atoms with Crippen molar-refractivity contribution < 1.29 is 14.3 Å². The summed E-state index contributed by atoms with van der Waals surface area (Å²) in [6.45, 7) is 3.00. The van der Waals surface area contributed by atoms with Gasteiger partial charge in [-0.25, -0.2) is 4.39 Å². The van der Waals surface area contributed by atoms with Crippen molar-refractivity contribution in [3.8, 4) is 0 Å². The Morgan fingerprint density at radius 2 is 2.25 bits per heavy atom. The molecule has 0 aliphatic rings. The first-order chi connectivity index (χ1) is 7.52. The minimum absolute atomic E-state index is 0.0136. The topological polar surface area (TPSA) is 40.5 Å². The first kappa shape index (κ1) is 13.1. The van der Waals surface area contributed by atoms with Crippen LogP contribution in [0.3, 0.4) is 0 Å². The van der Waals surface area contributed by atoms with Crippen molar-refractivity contribution in [2.75, 3.05) is 13.1 Å². The van der Waals surface area contributed by atoms with E-state index in [4.69, 9.17) is 5.11 Å². The Morgan fingerprint density at radius 1 is 1.56 bits per heavy atom. The molecular formula is C11H13BrFNO2. The molecule has 5 heteroatoms. The van der Waals surface area contributed by atoms with Crippen LogP contribution in [0.15, 0.2) is 22.7 Å². The van der Waals surface area contributed by atoms with Crippen molar-refractivity contribution in [2.24, 2.45) is 0 Å². The molecule has 0 fully saturated rings. The Balaban J connectivity index is 2.73. The van der Waals surface area contributed by atoms with Crippen LogP contribution in [0.2, 0.25) is 0 Å². The van der Waals surface area contributed by atoms with E-state index in [-0.39, 0.29) is 12.4 Å². The SMILES string of the molecule is CCN(CC(=O)O)Cc1ccc(F)cc1Br. The monoisotopic (exact) mass is 289 g/mol. The summed E-state index contributed by atoms with van der Waals surface area (Å²) in [4.78, 5) is 12.3. The maximum absolute atomic E-state index is 12.8. The minimum atomic E-state index is -0.861. The molecule has 0 unspecified atom stereocenters. The number of rotatable bonds is 5. The largest absolute Gasteiger partial charge is 0.480 e. The van der Waals surface area contributed by atoms with Gasteiger partial charge in [-0.15, -0.1) is 0 Å². The lowest BCUT2D eigenvalue weighted by Gasteiger charge is -2.18. The van der Waals surface area contributed by atoms with E-state index in [1.165, 1.54) is 12.1 Å². The second-order valence-electron chi connectivity index (χ2n) is 3.43. The predicted octanol–water partition coefficient (Wildman–Crippen LogP) is 2.49. The fourth-order valence-electron chi connectivity index (χ4n) is 1.36. The summed E-state index contributed by atoms with van der Waals surface area (Å²) < 4.78 is 13.5. The number of hydrogen-bond donors (Lipinski definition) is 1. The number of aliphatic carboxylic acids is 1. The number of hydrogen-bond acceptors (Lipinski definition) is 2. The van der Waals surface area contributed by atoms with E-state index in [0.717, 1.165) is 5.56 Å². The van der Waals surface area contributed by atoms with Crippen LogP contribution in [-0.2, 0) is 11.3 Å². The molecule has 0 aliphatic heterocycles. The highest BCUT2D eigenvalue weighted by molar-refractivity contribution is 9.10. The third kappa shape index (κ3) is 3.90. The van der Waals surface area contributed by atoms with Gasteiger partial charge in [-0.2, -0.15) is 0 Å². The van der Waals surface area contributed by atoms with Crippen LogP contribution in [0.5, 0.6) is 0 Å². The van der Waals surface area contributed by atoms with Crippen LogP contribution in [0.1, 0.15) is 12.5 Å². The number of carboxylic acids is 1. The fourth-order valence-corrected chi connectivity index (χ4v) is 1.84. The van der Waals surface area contributed by atoms with Crippen LogP contribution in [0.25, 0.3) is 0 Å². The van der Waals surface area contributed by atoms with E-state index >= 15 is 0 Å². The van der Waals surface area contributed by atoms with Crippen molar-refractivity contribution in [3.05, 3.63) is 34.1 Å². The van der Waals surface area contributed by atoms with Crippen LogP contribution in [0, 0.1) is 5.82 Å². The summed E-state index contributed by atoms with van der Waals surface area (Å²) in [6.07, 6.45) is 0. The number of carbonyl (C=O) groups is 1. The molecular weight excluding hydrogens is 277 g/mol. The summed E-state index contributed by atoms with van der Waals surface area (Å²) in [5.74, 6) is -1.17. The Morgan fingerprint density at radius 3 is 2.75 bits per heavy atom. The zero-order valence-corrected chi connectivity index (χ0v) is 10.5. The van der Waals surface area contributed by atoms with Crippen molar-refractivity contribution in [1.82, 2.24) is 4.90 Å². The quantitative estimate of drug-likeness (QED) is 0.905. The van der Waals surface area contributed by atoms with Crippen molar-refractivity contribution in [3.63, 3.8) is 0 Å². The van der Waals surface area contributed by atoms with Crippen molar-refractivity contribution in [2.45, 2.75) is 13.5 Å². The number of nitrogens with zero attached hydrogens (tertiary/aromatic N) is 1. The van der Waals surface area contributed by atoms with Crippen molar-refractivity contribution >= 4 is 21.9 Å². The van der Waals surface area contributed by atoms with Crippen LogP contribution in [0.4, 0.5) is 4.39 Å². The number of likely N-dealkylation sites (N-methyl/N-ethyl adjacent to an activating group) is 1. The van der Waals surface area contributed by atoms with Crippen LogP contribution >= 0.6 is 15.9 Å². The highest BCUT2D eigenvalue weighted by Gasteiger charge is 2.10. The standard InChI is InChI=1S/C11H13BrFNO2/c1-2-14(7-11(15)16)6-8-3-4-9(13)5-10(8)12/h3-5H,2,6-7H2,1H3,(H,15,16). The van der Waals surface area contributed by atoms with Gasteiger partial charge in [0, 0.05) is 11.0 Å². The van der Waals surface area contributed by atoms with Gasteiger partial charge in [-0.3, -0.25) is 9.69 Å². The summed E-state index contributed by atoms with van der Waals surface area (Å²) in [5.41, 5.74) is 0.879. The van der Waals surface area contributed by atoms with Gasteiger partial charge in [-0.1, -0.05) is 28.9 Å². The second-order valence-corrected chi connectivity index (χ2v) is 4.29. The zero-order chi connectivity index (χ0) is 12.1. The van der Waals surface area contributed by atoms with Gasteiger partial charge in [0.25, 0.3) is 0 Å². The van der Waals surface area contributed by atoms with E-state index in [1.54, 1.807) is 11.0 Å². The Kier molecular flexibility index (Phi) is 4.89. The van der Waals surface area contributed by atoms with Gasteiger partial charge < -0.3 is 5.11 Å². The van der Waals surface area contributed by atoms with Crippen LogP contribution in [-0.4, -0.2) is 29.1 Å². The summed E-state index contributed by atoms with van der Waals surface area (Å²) in [5, 5.41) is 8.69. The van der Waals surface area contributed by atoms with Gasteiger partial charge in [0.15, 0.2) is 0 Å². The normalized spacial score (nSPS) is 10.8. The van der Waals surface area contributed by atoms with E-state index in [9.17, 15) is 9.18 Å². The molecule has 0 atom stereocenters. The highest BCUT2D eigenvalue weighted by Crippen LogP contribution is 2.19. The molecule has 0 spiro atoms. The van der Waals surface area contributed by atoms with Gasteiger partial charge in [0.2, 0.25) is 0 Å². The Labute approximate surface area is 102 Å². The smallest absolute Gasteiger partial charge is 0.317 e. The molecule has 0 saturated carbocycles. The summed E-state index contributed by atoms with van der Waals surface area (Å²) >= 11 is 3.26. The minimum Gasteiger partial charge on any atom is -0.480 e. The molecule has 16 heavy (non-hydrogen) atoms. The van der Waals surface area contributed by atoms with E-state index < -0.39 is 5.97 Å². The molecule has 0 amide bonds. The first-order valence-corrected chi connectivity index (χ1v) is 5.70. The second kappa shape index (κ2) is 5.96. The Bertz CT molecular complexity index is 384. The highest BCUT2D eigenvalue weighted by atomic mass is 79.9. The average Bonchev–Trinajstić information content (AvgIpc) is 2.20. The molecule has 0 aromatic heterocycles. The molecule has 0 bridgehead atoms. The molecule has 3 nitrogen and oxygen atoms in total. The lowest BCUT2D eigenvalue weighted by Crippen LogP contribution is -2.29. The number of halogens is 2. The maximum atomic E-state index is 12.8. The number of carboxylic acid groups (broad SMARTS) is 1. The average molecular weight is 290 g/mol. The van der Waals surface area contributed by atoms with Gasteiger partial charge in [0.1, 0.15) is 5.82 Å². The molecule has 0 heterocycles. The van der Waals surface area contributed by atoms with E-state index in [0.29, 0.717) is 17.6 Å². The molecule has 1 rings (SSSR count). The van der Waals surface area contributed by atoms with Crippen LogP contribution < -0.4 is 0 Å². The molecule has 88 valence electrons. The predicted molar refractivity (Wildman–Crippen MR) is 62.7 cm³/mol. The third-order valence-electron chi connectivity index (χ3n) is 2.22. The van der Waals surface area contributed by atoms with E-state index in [1.807, 2.05) is 6.92 Å². The third-order valence-corrected chi connectivity index (χ3v) is 2.95. The molecule has 1 aromatic carbocycles. The van der Waals surface area contributed by atoms with E-state index in [2.05, 4.69) is 15.9 Å².